The van der Waals surface area contributed by atoms with E-state index in [1.165, 1.54) is 0 Å². The van der Waals surface area contributed by atoms with E-state index in [4.69, 9.17) is 15.6 Å². The first-order valence-corrected chi connectivity index (χ1v) is 5.14. The Labute approximate surface area is 106 Å². The number of benzene rings is 1. The first kappa shape index (κ1) is 14.7. The van der Waals surface area contributed by atoms with E-state index in [1.807, 2.05) is 37.3 Å². The number of nitrogen functional groups attached to an aromatic ring is 1. The highest BCUT2D eigenvalue weighted by molar-refractivity contribution is 5.91. The van der Waals surface area contributed by atoms with Gasteiger partial charge in [-0.05, 0) is 18.4 Å². The quantitative estimate of drug-likeness (QED) is 0.773. The molecule has 2 rings (SSSR count). The van der Waals surface area contributed by atoms with Gasteiger partial charge in [-0.1, -0.05) is 24.3 Å². The molecule has 0 amide bonds. The van der Waals surface area contributed by atoms with Gasteiger partial charge in [-0.15, -0.1) is 0 Å². The van der Waals surface area contributed by atoms with Gasteiger partial charge in [0.1, 0.15) is 5.82 Å². The van der Waals surface area contributed by atoms with E-state index in [2.05, 4.69) is 4.98 Å². The second-order valence-electron chi connectivity index (χ2n) is 3.67. The van der Waals surface area contributed by atoms with Crippen molar-refractivity contribution in [3.05, 3.63) is 36.0 Å². The van der Waals surface area contributed by atoms with Gasteiger partial charge >= 0.3 is 12.1 Å². The summed E-state index contributed by atoms with van der Waals surface area (Å²) in [6.45, 7) is 1.95. The van der Waals surface area contributed by atoms with Crippen molar-refractivity contribution in [3.63, 3.8) is 0 Å². The summed E-state index contributed by atoms with van der Waals surface area (Å²) in [6, 6.07) is 10.0. The third-order valence-corrected chi connectivity index (χ3v) is 2.14. The Balaban J connectivity index is 0.000000224. The number of pyridine rings is 1. The smallest absolute Gasteiger partial charge is 0.475 e. The molecule has 0 aliphatic heterocycles. The van der Waals surface area contributed by atoms with E-state index in [-0.39, 0.29) is 0 Å². The van der Waals surface area contributed by atoms with Crippen molar-refractivity contribution in [3.8, 4) is 0 Å². The number of carboxylic acid groups (broad SMARTS) is 1. The number of aromatic nitrogens is 1. The average Bonchev–Trinajstić information content (AvgIpc) is 2.28. The number of hydrogen-bond acceptors (Lipinski definition) is 3. The molecule has 19 heavy (non-hydrogen) atoms. The number of halogens is 3. The Hall–Kier alpha value is -2.31. The van der Waals surface area contributed by atoms with Crippen molar-refractivity contribution in [2.45, 2.75) is 13.1 Å². The summed E-state index contributed by atoms with van der Waals surface area (Å²) in [5.41, 5.74) is 6.71. The van der Waals surface area contributed by atoms with E-state index in [9.17, 15) is 13.2 Å². The Bertz CT molecular complexity index is 597. The fourth-order valence-electron chi connectivity index (χ4n) is 1.36. The number of nitrogens with two attached hydrogens (primary N) is 1. The largest absolute Gasteiger partial charge is 0.490 e. The average molecular weight is 272 g/mol. The van der Waals surface area contributed by atoms with Crippen LogP contribution in [0.25, 0.3) is 10.8 Å². The first-order valence-electron chi connectivity index (χ1n) is 5.14. The first-order chi connectivity index (χ1) is 8.71. The van der Waals surface area contributed by atoms with Crippen molar-refractivity contribution >= 4 is 22.6 Å². The van der Waals surface area contributed by atoms with Gasteiger partial charge in [0.15, 0.2) is 0 Å². The third kappa shape index (κ3) is 4.13. The summed E-state index contributed by atoms with van der Waals surface area (Å²) in [6.07, 6.45) is -5.08. The van der Waals surface area contributed by atoms with Crippen LogP contribution in [0.4, 0.5) is 19.0 Å². The van der Waals surface area contributed by atoms with Gasteiger partial charge in [0.25, 0.3) is 0 Å². The highest BCUT2D eigenvalue weighted by atomic mass is 19.4. The van der Waals surface area contributed by atoms with Crippen LogP contribution in [0.1, 0.15) is 5.69 Å². The maximum Gasteiger partial charge on any atom is 0.490 e. The number of hydrogen-bond donors (Lipinski definition) is 2. The summed E-state index contributed by atoms with van der Waals surface area (Å²) < 4.78 is 31.7. The summed E-state index contributed by atoms with van der Waals surface area (Å²) in [5, 5.41) is 9.31. The number of fused-ring (bicyclic) bond motifs is 1. The zero-order chi connectivity index (χ0) is 14.6. The molecular formula is C12H11F3N2O2. The van der Waals surface area contributed by atoms with Crippen LogP contribution in [0.5, 0.6) is 0 Å². The molecule has 0 unspecified atom stereocenters. The van der Waals surface area contributed by atoms with E-state index in [0.717, 1.165) is 16.5 Å². The molecule has 2 aromatic rings. The number of aryl methyl sites for hydroxylation is 1. The number of anilines is 1. The predicted octanol–water partition coefficient (Wildman–Crippen LogP) is 2.76. The molecule has 0 radical (unpaired) electrons. The van der Waals surface area contributed by atoms with Crippen LogP contribution < -0.4 is 5.73 Å². The van der Waals surface area contributed by atoms with Crippen molar-refractivity contribution in [2.75, 3.05) is 5.73 Å². The molecule has 0 bridgehead atoms. The second-order valence-corrected chi connectivity index (χ2v) is 3.67. The lowest BCUT2D eigenvalue weighted by Crippen LogP contribution is -2.21. The Morgan fingerprint density at radius 1 is 1.32 bits per heavy atom. The molecule has 4 nitrogen and oxygen atoms in total. The molecule has 0 fully saturated rings. The summed E-state index contributed by atoms with van der Waals surface area (Å²) in [5.74, 6) is -2.14. The molecule has 1 aromatic carbocycles. The zero-order valence-corrected chi connectivity index (χ0v) is 9.90. The molecular weight excluding hydrogens is 261 g/mol. The third-order valence-electron chi connectivity index (χ3n) is 2.14. The molecule has 3 N–H and O–H groups in total. The van der Waals surface area contributed by atoms with Gasteiger partial charge in [0.2, 0.25) is 0 Å². The summed E-state index contributed by atoms with van der Waals surface area (Å²) >= 11 is 0. The minimum absolute atomic E-state index is 0.616. The summed E-state index contributed by atoms with van der Waals surface area (Å²) in [7, 11) is 0. The van der Waals surface area contributed by atoms with Crippen LogP contribution in [-0.2, 0) is 4.79 Å². The number of alkyl halides is 3. The number of nitrogens with zero attached hydrogens (tertiary/aromatic N) is 1. The lowest BCUT2D eigenvalue weighted by atomic mass is 10.1. The van der Waals surface area contributed by atoms with Crippen LogP contribution >= 0.6 is 0 Å². The normalized spacial score (nSPS) is 10.7. The fraction of sp³-hybridized carbons (Fsp3) is 0.167. The lowest BCUT2D eigenvalue weighted by Gasteiger charge is -2.01. The SMILES string of the molecule is Cc1cc2ccccc2c(N)n1.O=C(O)C(F)(F)F. The van der Waals surface area contributed by atoms with E-state index < -0.39 is 12.1 Å². The molecule has 1 heterocycles. The monoisotopic (exact) mass is 272 g/mol. The molecule has 7 heteroatoms. The second kappa shape index (κ2) is 5.55. The van der Waals surface area contributed by atoms with E-state index >= 15 is 0 Å². The fourth-order valence-corrected chi connectivity index (χ4v) is 1.36. The van der Waals surface area contributed by atoms with Crippen LogP contribution in [0, 0.1) is 6.92 Å². The minimum atomic E-state index is -5.08. The molecule has 0 atom stereocenters. The van der Waals surface area contributed by atoms with Crippen molar-refractivity contribution < 1.29 is 23.1 Å². The Morgan fingerprint density at radius 3 is 2.37 bits per heavy atom. The lowest BCUT2D eigenvalue weighted by molar-refractivity contribution is -0.192. The Morgan fingerprint density at radius 2 is 1.84 bits per heavy atom. The maximum absolute atomic E-state index is 10.6. The molecule has 0 aliphatic carbocycles. The van der Waals surface area contributed by atoms with Gasteiger partial charge in [-0.3, -0.25) is 0 Å². The van der Waals surface area contributed by atoms with Gasteiger partial charge in [-0.2, -0.15) is 13.2 Å². The summed E-state index contributed by atoms with van der Waals surface area (Å²) in [4.78, 5) is 13.1. The van der Waals surface area contributed by atoms with Gasteiger partial charge in [0.05, 0.1) is 0 Å². The maximum atomic E-state index is 10.6. The van der Waals surface area contributed by atoms with E-state index in [1.54, 1.807) is 0 Å². The zero-order valence-electron chi connectivity index (χ0n) is 9.90. The minimum Gasteiger partial charge on any atom is -0.475 e. The van der Waals surface area contributed by atoms with Crippen molar-refractivity contribution in [2.24, 2.45) is 0 Å². The van der Waals surface area contributed by atoms with Crippen LogP contribution in [0.15, 0.2) is 30.3 Å². The molecule has 102 valence electrons. The Kier molecular flexibility index (Phi) is 4.31. The predicted molar refractivity (Wildman–Crippen MR) is 64.6 cm³/mol. The molecule has 0 aliphatic rings. The van der Waals surface area contributed by atoms with Gasteiger partial charge < -0.3 is 10.8 Å². The number of aliphatic carboxylic acids is 1. The van der Waals surface area contributed by atoms with Crippen molar-refractivity contribution in [1.82, 2.24) is 4.98 Å². The van der Waals surface area contributed by atoms with Crippen LogP contribution in [0.2, 0.25) is 0 Å². The van der Waals surface area contributed by atoms with Crippen molar-refractivity contribution in [1.29, 1.82) is 0 Å². The molecule has 0 spiro atoms. The van der Waals surface area contributed by atoms with E-state index in [0.29, 0.717) is 5.82 Å². The highest BCUT2D eigenvalue weighted by Gasteiger charge is 2.38. The number of carboxylic acids is 1. The standard InChI is InChI=1S/C10H10N2.C2HF3O2/c1-7-6-8-4-2-3-5-9(8)10(11)12-7;3-2(4,5)1(6)7/h2-6H,1H3,(H2,11,12);(H,6,7). The number of rotatable bonds is 0. The molecule has 0 saturated carbocycles. The van der Waals surface area contributed by atoms with Crippen LogP contribution in [0.3, 0.4) is 0 Å². The number of carbonyl (C=O) groups is 1. The highest BCUT2D eigenvalue weighted by Crippen LogP contribution is 2.19. The van der Waals surface area contributed by atoms with Crippen LogP contribution in [-0.4, -0.2) is 22.2 Å². The molecule has 1 aromatic heterocycles. The molecule has 0 saturated heterocycles. The van der Waals surface area contributed by atoms with Gasteiger partial charge in [0, 0.05) is 11.1 Å². The topological polar surface area (TPSA) is 76.2 Å². The van der Waals surface area contributed by atoms with Gasteiger partial charge in [-0.25, -0.2) is 9.78 Å².